The Kier molecular flexibility index (Phi) is 5.89. The molecule has 142 valence electrons. The second kappa shape index (κ2) is 8.17. The van der Waals surface area contributed by atoms with Crippen LogP contribution in [-0.2, 0) is 18.5 Å². The first-order chi connectivity index (χ1) is 12.9. The van der Waals surface area contributed by atoms with Gasteiger partial charge in [0.05, 0.1) is 16.5 Å². The molecule has 2 aromatic carbocycles. The maximum Gasteiger partial charge on any atom is 0.416 e. The number of fused-ring (bicyclic) bond motifs is 1. The van der Waals surface area contributed by atoms with Crippen LogP contribution in [0.1, 0.15) is 30.9 Å². The van der Waals surface area contributed by atoms with Crippen LogP contribution in [0, 0.1) is 0 Å². The molecular weight excluding hydrogens is 373 g/mol. The Hall–Kier alpha value is -2.28. The van der Waals surface area contributed by atoms with E-state index in [-0.39, 0.29) is 16.9 Å². The van der Waals surface area contributed by atoms with Gasteiger partial charge in [-0.05, 0) is 30.2 Å². The molecule has 0 saturated carbocycles. The van der Waals surface area contributed by atoms with Crippen LogP contribution < -0.4 is 5.56 Å². The number of halogens is 3. The molecule has 1 heterocycles. The molecule has 0 fully saturated rings. The first-order valence-corrected chi connectivity index (χ1v) is 9.68. The van der Waals surface area contributed by atoms with E-state index in [4.69, 9.17) is 0 Å². The van der Waals surface area contributed by atoms with Crippen molar-refractivity contribution in [3.8, 4) is 0 Å². The molecule has 0 aliphatic heterocycles. The van der Waals surface area contributed by atoms with E-state index in [9.17, 15) is 18.0 Å². The van der Waals surface area contributed by atoms with Gasteiger partial charge in [-0.25, -0.2) is 4.98 Å². The van der Waals surface area contributed by atoms with Crippen LogP contribution in [0.25, 0.3) is 10.9 Å². The van der Waals surface area contributed by atoms with Gasteiger partial charge in [0.1, 0.15) is 0 Å². The molecule has 27 heavy (non-hydrogen) atoms. The Labute approximate surface area is 159 Å². The average Bonchev–Trinajstić information content (AvgIpc) is 2.65. The number of unbranched alkanes of at least 4 members (excludes halogenated alkanes) is 1. The molecule has 3 aromatic rings. The summed E-state index contributed by atoms with van der Waals surface area (Å²) >= 11 is 1.16. The highest BCUT2D eigenvalue weighted by Crippen LogP contribution is 2.34. The van der Waals surface area contributed by atoms with Crippen LogP contribution in [0.5, 0.6) is 0 Å². The van der Waals surface area contributed by atoms with E-state index >= 15 is 0 Å². The predicted octanol–water partition coefficient (Wildman–Crippen LogP) is 5.51. The molecule has 0 unspecified atom stereocenters. The van der Waals surface area contributed by atoms with E-state index in [1.807, 2.05) is 6.92 Å². The Morgan fingerprint density at radius 2 is 1.78 bits per heavy atom. The van der Waals surface area contributed by atoms with Crippen LogP contribution in [-0.4, -0.2) is 9.55 Å². The maximum atomic E-state index is 13.2. The van der Waals surface area contributed by atoms with E-state index in [1.54, 1.807) is 34.9 Å². The summed E-state index contributed by atoms with van der Waals surface area (Å²) < 4.78 is 41.2. The molecule has 3 nitrogen and oxygen atoms in total. The molecule has 0 atom stereocenters. The van der Waals surface area contributed by atoms with Crippen molar-refractivity contribution in [3.63, 3.8) is 0 Å². The van der Waals surface area contributed by atoms with E-state index in [0.29, 0.717) is 22.6 Å². The topological polar surface area (TPSA) is 34.9 Å². The predicted molar refractivity (Wildman–Crippen MR) is 102 cm³/mol. The summed E-state index contributed by atoms with van der Waals surface area (Å²) in [5, 5.41) is 0.970. The summed E-state index contributed by atoms with van der Waals surface area (Å²) in [5.74, 6) is 0.0899. The standard InChI is InChI=1S/C20H19F3N2OS/c1-2-3-12-25-18(26)15-9-5-7-11-17(15)24-19(25)27-13-14-8-4-6-10-16(14)20(21,22)23/h4-11H,2-3,12-13H2,1H3. The smallest absolute Gasteiger partial charge is 0.287 e. The number of rotatable bonds is 6. The monoisotopic (exact) mass is 392 g/mol. The number of thioether (sulfide) groups is 1. The van der Waals surface area contributed by atoms with Crippen molar-refractivity contribution < 1.29 is 13.2 Å². The molecule has 1 aromatic heterocycles. The third-order valence-corrected chi connectivity index (χ3v) is 5.27. The summed E-state index contributed by atoms with van der Waals surface area (Å²) in [6, 6.07) is 12.5. The van der Waals surface area contributed by atoms with Gasteiger partial charge in [0.2, 0.25) is 0 Å². The van der Waals surface area contributed by atoms with E-state index < -0.39 is 11.7 Å². The summed E-state index contributed by atoms with van der Waals surface area (Å²) in [6.45, 7) is 2.52. The first-order valence-electron chi connectivity index (χ1n) is 8.69. The molecule has 0 aliphatic carbocycles. The second-order valence-electron chi connectivity index (χ2n) is 6.17. The Morgan fingerprint density at radius 1 is 1.07 bits per heavy atom. The number of alkyl halides is 3. The van der Waals surface area contributed by atoms with Gasteiger partial charge in [0.15, 0.2) is 5.16 Å². The van der Waals surface area contributed by atoms with E-state index in [1.165, 1.54) is 12.1 Å². The molecule has 0 spiro atoms. The van der Waals surface area contributed by atoms with Gasteiger partial charge in [-0.3, -0.25) is 9.36 Å². The lowest BCUT2D eigenvalue weighted by atomic mass is 10.1. The lowest BCUT2D eigenvalue weighted by Crippen LogP contribution is -2.23. The van der Waals surface area contributed by atoms with E-state index in [2.05, 4.69) is 4.98 Å². The Balaban J connectivity index is 1.99. The molecule has 0 bridgehead atoms. The first kappa shape index (κ1) is 19.5. The quantitative estimate of drug-likeness (QED) is 0.410. The van der Waals surface area contributed by atoms with Crippen LogP contribution in [0.15, 0.2) is 58.5 Å². The second-order valence-corrected chi connectivity index (χ2v) is 7.11. The highest BCUT2D eigenvalue weighted by Gasteiger charge is 2.32. The fourth-order valence-corrected chi connectivity index (χ4v) is 3.87. The number of nitrogens with zero attached hydrogens (tertiary/aromatic N) is 2. The van der Waals surface area contributed by atoms with E-state index in [0.717, 1.165) is 30.7 Å². The fourth-order valence-electron chi connectivity index (χ4n) is 2.84. The van der Waals surface area contributed by atoms with Gasteiger partial charge in [-0.2, -0.15) is 13.2 Å². The zero-order valence-corrected chi connectivity index (χ0v) is 15.6. The third-order valence-electron chi connectivity index (χ3n) is 4.24. The Morgan fingerprint density at radius 3 is 2.52 bits per heavy atom. The molecule has 3 rings (SSSR count). The van der Waals surface area contributed by atoms with Crippen molar-refractivity contribution in [2.24, 2.45) is 0 Å². The minimum absolute atomic E-state index is 0.0899. The highest BCUT2D eigenvalue weighted by atomic mass is 32.2. The minimum Gasteiger partial charge on any atom is -0.287 e. The Bertz CT molecular complexity index is 998. The zero-order chi connectivity index (χ0) is 19.4. The summed E-state index contributed by atoms with van der Waals surface area (Å²) in [6.07, 6.45) is -2.71. The van der Waals surface area contributed by atoms with Gasteiger partial charge < -0.3 is 0 Å². The summed E-state index contributed by atoms with van der Waals surface area (Å²) in [4.78, 5) is 17.4. The summed E-state index contributed by atoms with van der Waals surface area (Å²) in [7, 11) is 0. The third kappa shape index (κ3) is 4.35. The van der Waals surface area contributed by atoms with Crippen LogP contribution in [0.3, 0.4) is 0 Å². The number of aromatic nitrogens is 2. The van der Waals surface area contributed by atoms with Gasteiger partial charge in [0.25, 0.3) is 5.56 Å². The number of para-hydroxylation sites is 1. The molecular formula is C20H19F3N2OS. The minimum atomic E-state index is -4.41. The fraction of sp³-hybridized carbons (Fsp3) is 0.300. The average molecular weight is 392 g/mol. The van der Waals surface area contributed by atoms with Gasteiger partial charge in [-0.1, -0.05) is 55.4 Å². The van der Waals surface area contributed by atoms with Gasteiger partial charge in [0, 0.05) is 12.3 Å². The highest BCUT2D eigenvalue weighted by molar-refractivity contribution is 7.98. The lowest BCUT2D eigenvalue weighted by molar-refractivity contribution is -0.138. The maximum absolute atomic E-state index is 13.2. The molecule has 0 saturated heterocycles. The molecule has 7 heteroatoms. The van der Waals surface area contributed by atoms with Crippen LogP contribution >= 0.6 is 11.8 Å². The molecule has 0 aliphatic rings. The van der Waals surface area contributed by atoms with Crippen molar-refractivity contribution in [1.82, 2.24) is 9.55 Å². The number of hydrogen-bond acceptors (Lipinski definition) is 3. The molecule has 0 radical (unpaired) electrons. The van der Waals surface area contributed by atoms with Crippen molar-refractivity contribution in [1.29, 1.82) is 0 Å². The van der Waals surface area contributed by atoms with Gasteiger partial charge in [-0.15, -0.1) is 0 Å². The number of hydrogen-bond donors (Lipinski definition) is 0. The van der Waals surface area contributed by atoms with Crippen molar-refractivity contribution in [2.75, 3.05) is 0 Å². The van der Waals surface area contributed by atoms with Crippen LogP contribution in [0.4, 0.5) is 13.2 Å². The largest absolute Gasteiger partial charge is 0.416 e. The summed E-state index contributed by atoms with van der Waals surface area (Å²) in [5.41, 5.74) is -0.0669. The SMILES string of the molecule is CCCCn1c(SCc2ccccc2C(F)(F)F)nc2ccccc2c1=O. The molecule has 0 N–H and O–H groups in total. The van der Waals surface area contributed by atoms with Crippen molar-refractivity contribution in [3.05, 3.63) is 70.0 Å². The lowest BCUT2D eigenvalue weighted by Gasteiger charge is -2.15. The normalized spacial score (nSPS) is 11.9. The zero-order valence-electron chi connectivity index (χ0n) is 14.8. The van der Waals surface area contributed by atoms with Crippen molar-refractivity contribution >= 4 is 22.7 Å². The number of benzene rings is 2. The van der Waals surface area contributed by atoms with Crippen molar-refractivity contribution in [2.45, 2.75) is 43.4 Å². The molecule has 0 amide bonds. The van der Waals surface area contributed by atoms with Gasteiger partial charge >= 0.3 is 6.18 Å². The van der Waals surface area contributed by atoms with Crippen LogP contribution in [0.2, 0.25) is 0 Å².